The molecule has 0 bridgehead atoms. The third-order valence-corrected chi connectivity index (χ3v) is 4.88. The van der Waals surface area contributed by atoms with Crippen molar-refractivity contribution in [1.82, 2.24) is 9.88 Å². The van der Waals surface area contributed by atoms with Crippen LogP contribution in [0.5, 0.6) is 0 Å². The minimum absolute atomic E-state index is 0.0721. The first-order chi connectivity index (χ1) is 11.1. The summed E-state index contributed by atoms with van der Waals surface area (Å²) in [7, 11) is 0. The highest BCUT2D eigenvalue weighted by Gasteiger charge is 2.25. The zero-order valence-corrected chi connectivity index (χ0v) is 13.2. The Balaban J connectivity index is 1.69. The molecule has 120 valence electrons. The number of nitrogens with one attached hydrogen (secondary N) is 1. The van der Waals surface area contributed by atoms with Gasteiger partial charge in [-0.3, -0.25) is 9.59 Å². The van der Waals surface area contributed by atoms with E-state index in [1.807, 2.05) is 12.1 Å². The predicted octanol–water partition coefficient (Wildman–Crippen LogP) is 2.03. The molecule has 0 spiro atoms. The summed E-state index contributed by atoms with van der Waals surface area (Å²) in [4.78, 5) is 25.2. The summed E-state index contributed by atoms with van der Waals surface area (Å²) in [5.74, 6) is -0.305. The summed E-state index contributed by atoms with van der Waals surface area (Å²) in [6.07, 6.45) is 4.68. The molecule has 1 N–H and O–H groups in total. The van der Waals surface area contributed by atoms with Crippen molar-refractivity contribution in [2.75, 3.05) is 13.2 Å². The van der Waals surface area contributed by atoms with Crippen molar-refractivity contribution in [2.24, 2.45) is 0 Å². The lowest BCUT2D eigenvalue weighted by Crippen LogP contribution is -2.35. The first-order valence-electron chi connectivity index (χ1n) is 8.21. The number of rotatable bonds is 3. The van der Waals surface area contributed by atoms with E-state index in [0.717, 1.165) is 31.4 Å². The Morgan fingerprint density at radius 2 is 2.30 bits per heavy atom. The lowest BCUT2D eigenvalue weighted by Gasteiger charge is -2.14. The standard InChI is InChI=1S/C18H20N2O3/c1-11-8-12-4-2-6-14-16(12)20(11)10-15(17(14)21)18(22)19-9-13-5-3-7-23-13/h2,4,6,10-11,13H,3,5,7-9H2,1H3,(H,19,22)/t11-,13-/m1/s1. The molecule has 0 aliphatic carbocycles. The molecule has 1 amide bonds. The van der Waals surface area contributed by atoms with Gasteiger partial charge in [0.25, 0.3) is 5.91 Å². The first kappa shape index (κ1) is 14.5. The third kappa shape index (κ3) is 2.36. The molecule has 23 heavy (non-hydrogen) atoms. The van der Waals surface area contributed by atoms with E-state index in [2.05, 4.69) is 22.9 Å². The van der Waals surface area contributed by atoms with Gasteiger partial charge in [0.05, 0.1) is 11.6 Å². The molecule has 1 aromatic carbocycles. The number of aromatic nitrogens is 1. The number of hydrogen-bond donors (Lipinski definition) is 1. The van der Waals surface area contributed by atoms with Crippen LogP contribution < -0.4 is 10.7 Å². The maximum Gasteiger partial charge on any atom is 0.256 e. The zero-order chi connectivity index (χ0) is 16.0. The molecule has 1 aromatic heterocycles. The molecule has 4 rings (SSSR count). The normalized spacial score (nSPS) is 22.7. The third-order valence-electron chi connectivity index (χ3n) is 4.88. The molecule has 0 radical (unpaired) electrons. The van der Waals surface area contributed by atoms with E-state index >= 15 is 0 Å². The largest absolute Gasteiger partial charge is 0.376 e. The quantitative estimate of drug-likeness (QED) is 0.943. The number of carbonyl (C=O) groups is 1. The molecule has 2 aliphatic rings. The average Bonchev–Trinajstić information content (AvgIpc) is 3.17. The molecule has 1 fully saturated rings. The summed E-state index contributed by atoms with van der Waals surface area (Å²) in [6.45, 7) is 3.33. The molecule has 5 nitrogen and oxygen atoms in total. The maximum absolute atomic E-state index is 12.7. The van der Waals surface area contributed by atoms with Crippen molar-refractivity contribution >= 4 is 16.8 Å². The summed E-state index contributed by atoms with van der Waals surface area (Å²) >= 11 is 0. The lowest BCUT2D eigenvalue weighted by atomic mass is 10.1. The lowest BCUT2D eigenvalue weighted by molar-refractivity contribution is 0.0856. The Bertz CT molecular complexity index is 834. The van der Waals surface area contributed by atoms with Crippen LogP contribution in [0.2, 0.25) is 0 Å². The van der Waals surface area contributed by atoms with E-state index in [1.54, 1.807) is 6.20 Å². The van der Waals surface area contributed by atoms with E-state index in [0.29, 0.717) is 11.9 Å². The minimum atomic E-state index is -0.305. The molecular weight excluding hydrogens is 292 g/mol. The van der Waals surface area contributed by atoms with Gasteiger partial charge in [0.15, 0.2) is 0 Å². The smallest absolute Gasteiger partial charge is 0.256 e. The van der Waals surface area contributed by atoms with E-state index in [-0.39, 0.29) is 29.0 Å². The SMILES string of the molecule is C[C@@H]1Cc2cccc3c(=O)c(C(=O)NC[C@H]4CCCO4)cn1c23. The number of carbonyl (C=O) groups excluding carboxylic acids is 1. The highest BCUT2D eigenvalue weighted by Crippen LogP contribution is 2.30. The number of pyridine rings is 1. The monoisotopic (exact) mass is 312 g/mol. The number of nitrogens with zero attached hydrogens (tertiary/aromatic N) is 1. The molecule has 1 saturated heterocycles. The van der Waals surface area contributed by atoms with Crippen LogP contribution in [-0.4, -0.2) is 29.7 Å². The summed E-state index contributed by atoms with van der Waals surface area (Å²) < 4.78 is 7.57. The predicted molar refractivity (Wildman–Crippen MR) is 87.9 cm³/mol. The van der Waals surface area contributed by atoms with Crippen molar-refractivity contribution in [3.63, 3.8) is 0 Å². The van der Waals surface area contributed by atoms with Gasteiger partial charge in [0.2, 0.25) is 5.43 Å². The van der Waals surface area contributed by atoms with E-state index < -0.39 is 0 Å². The molecule has 2 aromatic rings. The fourth-order valence-electron chi connectivity index (χ4n) is 3.68. The first-order valence-corrected chi connectivity index (χ1v) is 8.21. The van der Waals surface area contributed by atoms with Gasteiger partial charge in [-0.05, 0) is 37.8 Å². The van der Waals surface area contributed by atoms with Crippen LogP contribution in [0.4, 0.5) is 0 Å². The molecule has 3 heterocycles. The van der Waals surface area contributed by atoms with E-state index in [1.165, 1.54) is 5.56 Å². The Morgan fingerprint density at radius 1 is 1.43 bits per heavy atom. The number of hydrogen-bond acceptors (Lipinski definition) is 3. The van der Waals surface area contributed by atoms with Crippen molar-refractivity contribution in [1.29, 1.82) is 0 Å². The number of ether oxygens (including phenoxy) is 1. The van der Waals surface area contributed by atoms with Crippen LogP contribution in [0.25, 0.3) is 10.9 Å². The fraction of sp³-hybridized carbons (Fsp3) is 0.444. The van der Waals surface area contributed by atoms with Crippen LogP contribution in [0, 0.1) is 0 Å². The highest BCUT2D eigenvalue weighted by atomic mass is 16.5. The van der Waals surface area contributed by atoms with Gasteiger partial charge in [0.1, 0.15) is 5.56 Å². The van der Waals surface area contributed by atoms with Crippen molar-refractivity contribution in [3.8, 4) is 0 Å². The van der Waals surface area contributed by atoms with E-state index in [9.17, 15) is 9.59 Å². The maximum atomic E-state index is 12.7. The van der Waals surface area contributed by atoms with Gasteiger partial charge in [0, 0.05) is 30.8 Å². The van der Waals surface area contributed by atoms with Crippen LogP contribution in [0.1, 0.15) is 41.7 Å². The Hall–Kier alpha value is -2.14. The highest BCUT2D eigenvalue weighted by molar-refractivity contribution is 5.98. The van der Waals surface area contributed by atoms with Crippen LogP contribution >= 0.6 is 0 Å². The van der Waals surface area contributed by atoms with E-state index in [4.69, 9.17) is 4.74 Å². The second kappa shape index (κ2) is 5.49. The molecule has 0 unspecified atom stereocenters. The Labute approximate surface area is 134 Å². The van der Waals surface area contributed by atoms with Crippen LogP contribution in [0.3, 0.4) is 0 Å². The molecular formula is C18H20N2O3. The van der Waals surface area contributed by atoms with Crippen molar-refractivity contribution < 1.29 is 9.53 Å². The average molecular weight is 312 g/mol. The molecule has 2 aliphatic heterocycles. The van der Waals surface area contributed by atoms with Crippen LogP contribution in [0.15, 0.2) is 29.2 Å². The fourth-order valence-corrected chi connectivity index (χ4v) is 3.68. The number of amides is 1. The van der Waals surface area contributed by atoms with Gasteiger partial charge in [-0.15, -0.1) is 0 Å². The second-order valence-corrected chi connectivity index (χ2v) is 6.49. The number of para-hydroxylation sites is 1. The second-order valence-electron chi connectivity index (χ2n) is 6.49. The topological polar surface area (TPSA) is 60.3 Å². The van der Waals surface area contributed by atoms with Crippen molar-refractivity contribution in [2.45, 2.75) is 38.3 Å². The summed E-state index contributed by atoms with van der Waals surface area (Å²) in [6, 6.07) is 6.03. The van der Waals surface area contributed by atoms with Gasteiger partial charge < -0.3 is 14.6 Å². The van der Waals surface area contributed by atoms with Gasteiger partial charge in [-0.1, -0.05) is 12.1 Å². The summed E-state index contributed by atoms with van der Waals surface area (Å²) in [5.41, 5.74) is 2.19. The molecule has 2 atom stereocenters. The molecule has 5 heteroatoms. The summed E-state index contributed by atoms with van der Waals surface area (Å²) in [5, 5.41) is 3.49. The number of benzene rings is 1. The van der Waals surface area contributed by atoms with Crippen molar-refractivity contribution in [3.05, 3.63) is 45.7 Å². The van der Waals surface area contributed by atoms with Gasteiger partial charge in [-0.2, -0.15) is 0 Å². The Morgan fingerprint density at radius 3 is 3.09 bits per heavy atom. The minimum Gasteiger partial charge on any atom is -0.376 e. The van der Waals surface area contributed by atoms with Gasteiger partial charge in [-0.25, -0.2) is 0 Å². The van der Waals surface area contributed by atoms with Crippen LogP contribution in [-0.2, 0) is 11.2 Å². The zero-order valence-electron chi connectivity index (χ0n) is 13.2. The van der Waals surface area contributed by atoms with Gasteiger partial charge >= 0.3 is 0 Å². The Kier molecular flexibility index (Phi) is 3.45. The molecule has 0 saturated carbocycles.